The summed E-state index contributed by atoms with van der Waals surface area (Å²) in [6.07, 6.45) is 7.32. The third-order valence-corrected chi connectivity index (χ3v) is 3.42. The van der Waals surface area contributed by atoms with Crippen LogP contribution in [0.5, 0.6) is 0 Å². The third kappa shape index (κ3) is 2.96. The van der Waals surface area contributed by atoms with Crippen LogP contribution >= 0.6 is 0 Å². The Hall–Kier alpha value is -1.58. The monoisotopic (exact) mass is 233 g/mol. The lowest BCUT2D eigenvalue weighted by Crippen LogP contribution is -2.47. The molecule has 1 aliphatic rings. The molecule has 0 atom stereocenters. The number of nitrogens with two attached hydrogens (primary N) is 1. The molecule has 3 N–H and O–H groups in total. The molecular weight excluding hydrogens is 214 g/mol. The summed E-state index contributed by atoms with van der Waals surface area (Å²) >= 11 is 0. The molecule has 1 heterocycles. The van der Waals surface area contributed by atoms with Crippen molar-refractivity contribution in [1.82, 2.24) is 10.3 Å². The van der Waals surface area contributed by atoms with E-state index < -0.39 is 0 Å². The summed E-state index contributed by atoms with van der Waals surface area (Å²) in [5.41, 5.74) is 6.10. The predicted molar refractivity (Wildman–Crippen MR) is 67.6 cm³/mol. The molecule has 1 aromatic rings. The first-order chi connectivity index (χ1) is 8.09. The second kappa shape index (κ2) is 4.73. The number of anilines is 1. The first-order valence-electron chi connectivity index (χ1n) is 6.13. The van der Waals surface area contributed by atoms with Crippen molar-refractivity contribution < 1.29 is 4.79 Å². The van der Waals surface area contributed by atoms with Crippen LogP contribution in [0.15, 0.2) is 18.3 Å². The summed E-state index contributed by atoms with van der Waals surface area (Å²) in [5, 5.41) is 3.12. The van der Waals surface area contributed by atoms with Crippen LogP contribution in [0.3, 0.4) is 0 Å². The number of nitrogen functional groups attached to an aromatic ring is 1. The van der Waals surface area contributed by atoms with Crippen LogP contribution < -0.4 is 11.1 Å². The van der Waals surface area contributed by atoms with Crippen LogP contribution in [0.2, 0.25) is 0 Å². The quantitative estimate of drug-likeness (QED) is 0.822. The highest BCUT2D eigenvalue weighted by Gasteiger charge is 2.28. The van der Waals surface area contributed by atoms with E-state index in [1.54, 1.807) is 18.3 Å². The number of hydrogen-bond donors (Lipinski definition) is 2. The van der Waals surface area contributed by atoms with Gasteiger partial charge in [-0.1, -0.05) is 19.3 Å². The van der Waals surface area contributed by atoms with Gasteiger partial charge in [-0.25, -0.2) is 4.98 Å². The number of hydrogen-bond acceptors (Lipinski definition) is 3. The number of amides is 1. The molecule has 1 fully saturated rings. The Morgan fingerprint density at radius 3 is 2.76 bits per heavy atom. The molecule has 0 aliphatic heterocycles. The SMILES string of the molecule is CC1(NC(=O)c2ccnc(N)c2)CCCCC1. The maximum atomic E-state index is 12.1. The molecule has 4 nitrogen and oxygen atoms in total. The second-order valence-electron chi connectivity index (χ2n) is 5.04. The number of pyridine rings is 1. The van der Waals surface area contributed by atoms with Crippen LogP contribution in [0, 0.1) is 0 Å². The van der Waals surface area contributed by atoms with E-state index in [4.69, 9.17) is 5.73 Å². The van der Waals surface area contributed by atoms with Crippen LogP contribution in [-0.2, 0) is 0 Å². The number of rotatable bonds is 2. The molecule has 0 aromatic carbocycles. The van der Waals surface area contributed by atoms with Gasteiger partial charge in [-0.05, 0) is 31.9 Å². The van der Waals surface area contributed by atoms with Gasteiger partial charge in [0.15, 0.2) is 0 Å². The summed E-state index contributed by atoms with van der Waals surface area (Å²) in [4.78, 5) is 16.0. The van der Waals surface area contributed by atoms with Gasteiger partial charge in [0.1, 0.15) is 5.82 Å². The minimum atomic E-state index is -0.0621. The molecule has 1 aliphatic carbocycles. The van der Waals surface area contributed by atoms with Crippen LogP contribution in [-0.4, -0.2) is 16.4 Å². The molecule has 4 heteroatoms. The fourth-order valence-corrected chi connectivity index (χ4v) is 2.39. The average Bonchev–Trinajstić information content (AvgIpc) is 2.29. The molecule has 0 unspecified atom stereocenters. The van der Waals surface area contributed by atoms with Gasteiger partial charge in [-0.2, -0.15) is 0 Å². The summed E-state index contributed by atoms with van der Waals surface area (Å²) < 4.78 is 0. The Kier molecular flexibility index (Phi) is 3.31. The summed E-state index contributed by atoms with van der Waals surface area (Å²) in [6.45, 7) is 2.12. The lowest BCUT2D eigenvalue weighted by molar-refractivity contribution is 0.0882. The summed E-state index contributed by atoms with van der Waals surface area (Å²) in [5.74, 6) is 0.329. The molecule has 2 rings (SSSR count). The van der Waals surface area contributed by atoms with Crippen molar-refractivity contribution >= 4 is 11.7 Å². The number of aromatic nitrogens is 1. The van der Waals surface area contributed by atoms with Crippen molar-refractivity contribution in [3.05, 3.63) is 23.9 Å². The molecule has 1 saturated carbocycles. The average molecular weight is 233 g/mol. The zero-order valence-corrected chi connectivity index (χ0v) is 10.2. The minimum absolute atomic E-state index is 0.0523. The molecule has 92 valence electrons. The Bertz CT molecular complexity index is 411. The van der Waals surface area contributed by atoms with Crippen molar-refractivity contribution in [2.75, 3.05) is 5.73 Å². The van der Waals surface area contributed by atoms with Crippen molar-refractivity contribution in [3.63, 3.8) is 0 Å². The summed E-state index contributed by atoms with van der Waals surface area (Å²) in [7, 11) is 0. The highest BCUT2D eigenvalue weighted by atomic mass is 16.1. The molecule has 17 heavy (non-hydrogen) atoms. The Morgan fingerprint density at radius 1 is 1.41 bits per heavy atom. The van der Waals surface area contributed by atoms with Gasteiger partial charge in [0.2, 0.25) is 0 Å². The fraction of sp³-hybridized carbons (Fsp3) is 0.538. The van der Waals surface area contributed by atoms with E-state index in [2.05, 4.69) is 17.2 Å². The van der Waals surface area contributed by atoms with Crippen molar-refractivity contribution in [3.8, 4) is 0 Å². The van der Waals surface area contributed by atoms with Gasteiger partial charge in [-0.15, -0.1) is 0 Å². The highest BCUT2D eigenvalue weighted by molar-refractivity contribution is 5.95. The zero-order valence-electron chi connectivity index (χ0n) is 10.2. The summed E-state index contributed by atoms with van der Waals surface area (Å²) in [6, 6.07) is 3.30. The second-order valence-corrected chi connectivity index (χ2v) is 5.04. The molecule has 0 radical (unpaired) electrons. The van der Waals surface area contributed by atoms with E-state index in [0.717, 1.165) is 12.8 Å². The molecule has 0 saturated heterocycles. The maximum Gasteiger partial charge on any atom is 0.251 e. The third-order valence-electron chi connectivity index (χ3n) is 3.42. The van der Waals surface area contributed by atoms with E-state index in [0.29, 0.717) is 11.4 Å². The molecule has 0 spiro atoms. The van der Waals surface area contributed by atoms with E-state index in [1.165, 1.54) is 19.3 Å². The van der Waals surface area contributed by atoms with E-state index in [-0.39, 0.29) is 11.4 Å². The lowest BCUT2D eigenvalue weighted by atomic mass is 9.83. The molecule has 0 bridgehead atoms. The van der Waals surface area contributed by atoms with Crippen molar-refractivity contribution in [1.29, 1.82) is 0 Å². The van der Waals surface area contributed by atoms with Gasteiger partial charge in [-0.3, -0.25) is 4.79 Å². The standard InChI is InChI=1S/C13H19N3O/c1-13(6-3-2-4-7-13)16-12(17)10-5-8-15-11(14)9-10/h5,8-9H,2-4,6-7H2,1H3,(H2,14,15)(H,16,17). The topological polar surface area (TPSA) is 68.0 Å². The minimum Gasteiger partial charge on any atom is -0.384 e. The first-order valence-corrected chi connectivity index (χ1v) is 6.13. The van der Waals surface area contributed by atoms with Crippen LogP contribution in [0.4, 0.5) is 5.82 Å². The molecule has 1 aromatic heterocycles. The van der Waals surface area contributed by atoms with Crippen LogP contribution in [0.1, 0.15) is 49.4 Å². The largest absolute Gasteiger partial charge is 0.384 e. The van der Waals surface area contributed by atoms with Crippen molar-refractivity contribution in [2.24, 2.45) is 0 Å². The van der Waals surface area contributed by atoms with Crippen LogP contribution in [0.25, 0.3) is 0 Å². The van der Waals surface area contributed by atoms with Gasteiger partial charge in [0, 0.05) is 17.3 Å². The number of carbonyl (C=O) groups excluding carboxylic acids is 1. The maximum absolute atomic E-state index is 12.1. The smallest absolute Gasteiger partial charge is 0.251 e. The Balaban J connectivity index is 2.06. The highest BCUT2D eigenvalue weighted by Crippen LogP contribution is 2.27. The first kappa shape index (κ1) is 11.9. The molecule has 1 amide bonds. The normalized spacial score (nSPS) is 18.6. The van der Waals surface area contributed by atoms with Gasteiger partial charge in [0.05, 0.1) is 0 Å². The van der Waals surface area contributed by atoms with Gasteiger partial charge < -0.3 is 11.1 Å². The van der Waals surface area contributed by atoms with Gasteiger partial charge >= 0.3 is 0 Å². The van der Waals surface area contributed by atoms with E-state index in [9.17, 15) is 4.79 Å². The predicted octanol–water partition coefficient (Wildman–Crippen LogP) is 2.12. The van der Waals surface area contributed by atoms with E-state index in [1.807, 2.05) is 0 Å². The zero-order chi connectivity index (χ0) is 12.3. The number of nitrogens with one attached hydrogen (secondary N) is 1. The van der Waals surface area contributed by atoms with Crippen molar-refractivity contribution in [2.45, 2.75) is 44.6 Å². The fourth-order valence-electron chi connectivity index (χ4n) is 2.39. The van der Waals surface area contributed by atoms with E-state index >= 15 is 0 Å². The molecular formula is C13H19N3O. The Labute approximate surface area is 102 Å². The number of carbonyl (C=O) groups is 1. The Morgan fingerprint density at radius 2 is 2.12 bits per heavy atom. The number of nitrogens with zero attached hydrogens (tertiary/aromatic N) is 1. The lowest BCUT2D eigenvalue weighted by Gasteiger charge is -2.34. The van der Waals surface area contributed by atoms with Gasteiger partial charge in [0.25, 0.3) is 5.91 Å².